The quantitative estimate of drug-likeness (QED) is 0.595. The van der Waals surface area contributed by atoms with E-state index >= 15 is 0 Å². The highest BCUT2D eigenvalue weighted by atomic mass is 79.9. The molecule has 0 aliphatic heterocycles. The van der Waals surface area contributed by atoms with Gasteiger partial charge >= 0.3 is 0 Å². The third-order valence-corrected chi connectivity index (χ3v) is 3.60. The number of amides is 1. The van der Waals surface area contributed by atoms with E-state index in [1.807, 2.05) is 30.3 Å². The summed E-state index contributed by atoms with van der Waals surface area (Å²) in [6, 6.07) is 15.0. The maximum Gasteiger partial charge on any atom is 0.211 e. The van der Waals surface area contributed by atoms with Gasteiger partial charge in [-0.3, -0.25) is 4.79 Å². The van der Waals surface area contributed by atoms with Crippen LogP contribution in [0, 0.1) is 0 Å². The topological polar surface area (TPSA) is 58.6 Å². The van der Waals surface area contributed by atoms with Crippen molar-refractivity contribution in [3.8, 4) is 5.75 Å². The van der Waals surface area contributed by atoms with Gasteiger partial charge in [-0.1, -0.05) is 58.4 Å². The summed E-state index contributed by atoms with van der Waals surface area (Å²) in [6.07, 6.45) is -0.112. The van der Waals surface area contributed by atoms with Gasteiger partial charge < -0.3 is 15.2 Å². The number of carbonyl (C=O) groups excluding carboxylic acids is 1. The number of aliphatic hydroxyl groups is 1. The van der Waals surface area contributed by atoms with Gasteiger partial charge in [-0.05, 0) is 11.6 Å². The molecule has 2 N–H and O–H groups in total. The average molecular weight is 350 g/mol. The number of benzene rings is 2. The van der Waals surface area contributed by atoms with Crippen LogP contribution in [-0.2, 0) is 11.4 Å². The monoisotopic (exact) mass is 349 g/mol. The van der Waals surface area contributed by atoms with Crippen molar-refractivity contribution in [3.63, 3.8) is 0 Å². The third-order valence-electron chi connectivity index (χ3n) is 2.99. The molecular weight excluding hydrogens is 334 g/mol. The number of aliphatic hydroxyl groups excluding tert-OH is 1. The Hall–Kier alpha value is -1.85. The Morgan fingerprint density at radius 3 is 2.62 bits per heavy atom. The first-order valence-corrected chi connectivity index (χ1v) is 7.62. The van der Waals surface area contributed by atoms with Gasteiger partial charge in [-0.15, -0.1) is 0 Å². The number of halogens is 1. The minimum Gasteiger partial charge on any atom is -0.486 e. The first-order chi connectivity index (χ1) is 10.3. The molecule has 0 bridgehead atoms. The van der Waals surface area contributed by atoms with Crippen LogP contribution in [0.4, 0.5) is 5.69 Å². The molecule has 0 radical (unpaired) electrons. The fraction of sp³-hybridized carbons (Fsp3) is 0.188. The molecular formula is C16H16BrNO3. The van der Waals surface area contributed by atoms with E-state index in [4.69, 9.17) is 4.74 Å². The van der Waals surface area contributed by atoms with E-state index < -0.39 is 6.10 Å². The first-order valence-electron chi connectivity index (χ1n) is 6.50. The number of rotatable bonds is 7. The zero-order valence-electron chi connectivity index (χ0n) is 11.3. The molecule has 0 aromatic heterocycles. The summed E-state index contributed by atoms with van der Waals surface area (Å²) in [5.74, 6) is 0.486. The van der Waals surface area contributed by atoms with E-state index in [2.05, 4.69) is 21.2 Å². The van der Waals surface area contributed by atoms with E-state index in [1.165, 1.54) is 0 Å². The lowest BCUT2D eigenvalue weighted by atomic mass is 10.1. The van der Waals surface area contributed by atoms with E-state index in [1.54, 1.807) is 18.2 Å². The van der Waals surface area contributed by atoms with Gasteiger partial charge in [0, 0.05) is 10.9 Å². The van der Waals surface area contributed by atoms with Crippen molar-refractivity contribution in [1.29, 1.82) is 0 Å². The predicted octanol–water partition coefficient (Wildman–Crippen LogP) is 3.26. The van der Waals surface area contributed by atoms with Crippen LogP contribution in [0.15, 0.2) is 48.5 Å². The molecule has 0 saturated heterocycles. The van der Waals surface area contributed by atoms with E-state index in [9.17, 15) is 9.90 Å². The molecule has 0 fully saturated rings. The summed E-state index contributed by atoms with van der Waals surface area (Å²) in [6.45, 7) is 0.362. The fourth-order valence-electron chi connectivity index (χ4n) is 1.97. The Balaban J connectivity index is 2.27. The van der Waals surface area contributed by atoms with Crippen molar-refractivity contribution in [2.24, 2.45) is 0 Å². The SMILES string of the molecule is O=CNc1cccc([C@@H](O)CBr)c1OCc1ccccc1. The Labute approximate surface area is 131 Å². The number of ether oxygens (including phenoxy) is 1. The lowest BCUT2D eigenvalue weighted by Crippen LogP contribution is -2.07. The van der Waals surface area contributed by atoms with Crippen LogP contribution in [0.3, 0.4) is 0 Å². The number of nitrogens with one attached hydrogen (secondary N) is 1. The second-order valence-electron chi connectivity index (χ2n) is 4.43. The Morgan fingerprint density at radius 2 is 1.95 bits per heavy atom. The predicted molar refractivity (Wildman–Crippen MR) is 85.7 cm³/mol. The molecule has 2 aromatic carbocycles. The standard InChI is InChI=1S/C16H16BrNO3/c17-9-15(20)13-7-4-8-14(18-11-19)16(13)21-10-12-5-2-1-3-6-12/h1-8,11,15,20H,9-10H2,(H,18,19)/t15-/m0/s1. The summed E-state index contributed by atoms with van der Waals surface area (Å²) in [7, 11) is 0. The average Bonchev–Trinajstić information content (AvgIpc) is 2.54. The zero-order chi connectivity index (χ0) is 15.1. The lowest BCUT2D eigenvalue weighted by Gasteiger charge is -2.18. The van der Waals surface area contributed by atoms with Crippen LogP contribution >= 0.6 is 15.9 Å². The maximum atomic E-state index is 10.7. The molecule has 21 heavy (non-hydrogen) atoms. The second-order valence-corrected chi connectivity index (χ2v) is 5.08. The number of alkyl halides is 1. The van der Waals surface area contributed by atoms with Gasteiger partial charge in [0.25, 0.3) is 0 Å². The fourth-order valence-corrected chi connectivity index (χ4v) is 2.32. The van der Waals surface area contributed by atoms with Crippen LogP contribution in [-0.4, -0.2) is 16.8 Å². The van der Waals surface area contributed by atoms with E-state index in [0.717, 1.165) is 5.56 Å². The lowest BCUT2D eigenvalue weighted by molar-refractivity contribution is -0.105. The Bertz CT molecular complexity index is 589. The minimum atomic E-state index is -0.704. The van der Waals surface area contributed by atoms with Gasteiger partial charge in [0.15, 0.2) is 0 Å². The number of hydrogen-bond donors (Lipinski definition) is 2. The van der Waals surface area contributed by atoms with Crippen molar-refractivity contribution in [3.05, 3.63) is 59.7 Å². The highest BCUT2D eigenvalue weighted by Crippen LogP contribution is 2.34. The van der Waals surface area contributed by atoms with Crippen LogP contribution in [0.25, 0.3) is 0 Å². The molecule has 1 atom stereocenters. The Morgan fingerprint density at radius 1 is 1.19 bits per heavy atom. The molecule has 0 aliphatic rings. The molecule has 5 heteroatoms. The molecule has 0 saturated carbocycles. The number of hydrogen-bond acceptors (Lipinski definition) is 3. The minimum absolute atomic E-state index is 0.362. The van der Waals surface area contributed by atoms with Crippen LogP contribution in [0.5, 0.6) is 5.75 Å². The maximum absolute atomic E-state index is 10.7. The third kappa shape index (κ3) is 4.06. The van der Waals surface area contributed by atoms with Crippen molar-refractivity contribution in [1.82, 2.24) is 0 Å². The molecule has 0 unspecified atom stereocenters. The zero-order valence-corrected chi connectivity index (χ0v) is 12.9. The largest absolute Gasteiger partial charge is 0.486 e. The van der Waals surface area contributed by atoms with Crippen molar-refractivity contribution >= 4 is 28.0 Å². The molecule has 110 valence electrons. The van der Waals surface area contributed by atoms with E-state index in [-0.39, 0.29) is 0 Å². The van der Waals surface area contributed by atoms with Gasteiger partial charge in [0.2, 0.25) is 6.41 Å². The Kier molecular flexibility index (Phi) is 5.78. The highest BCUT2D eigenvalue weighted by molar-refractivity contribution is 9.09. The van der Waals surface area contributed by atoms with Crippen LogP contribution < -0.4 is 10.1 Å². The summed E-state index contributed by atoms with van der Waals surface area (Å²) in [5, 5.41) is 13.0. The smallest absolute Gasteiger partial charge is 0.211 e. The normalized spacial score (nSPS) is 11.7. The summed E-state index contributed by atoms with van der Waals surface area (Å²) in [4.78, 5) is 10.7. The molecule has 0 aliphatic carbocycles. The van der Waals surface area contributed by atoms with Gasteiger partial charge in [0.1, 0.15) is 12.4 Å². The van der Waals surface area contributed by atoms with Crippen molar-refractivity contribution in [2.45, 2.75) is 12.7 Å². The number of carbonyl (C=O) groups is 1. The summed E-state index contributed by atoms with van der Waals surface area (Å²) >= 11 is 3.25. The molecule has 2 aromatic rings. The molecule has 2 rings (SSSR count). The first kappa shape index (κ1) is 15.5. The van der Waals surface area contributed by atoms with Crippen molar-refractivity contribution < 1.29 is 14.6 Å². The van der Waals surface area contributed by atoms with Gasteiger partial charge in [0.05, 0.1) is 11.8 Å². The molecule has 1 amide bonds. The summed E-state index contributed by atoms with van der Waals surface area (Å²) < 4.78 is 5.83. The number of anilines is 1. The van der Waals surface area contributed by atoms with Crippen molar-refractivity contribution in [2.75, 3.05) is 10.6 Å². The molecule has 0 heterocycles. The second kappa shape index (κ2) is 7.81. The summed E-state index contributed by atoms with van der Waals surface area (Å²) in [5.41, 5.74) is 2.19. The van der Waals surface area contributed by atoms with Gasteiger partial charge in [-0.25, -0.2) is 0 Å². The van der Waals surface area contributed by atoms with Crippen LogP contribution in [0.1, 0.15) is 17.2 Å². The van der Waals surface area contributed by atoms with Crippen LogP contribution in [0.2, 0.25) is 0 Å². The molecule has 0 spiro atoms. The number of para-hydroxylation sites is 1. The van der Waals surface area contributed by atoms with E-state index in [0.29, 0.717) is 35.3 Å². The van der Waals surface area contributed by atoms with Gasteiger partial charge in [-0.2, -0.15) is 0 Å². The molecule has 4 nitrogen and oxygen atoms in total. The highest BCUT2D eigenvalue weighted by Gasteiger charge is 2.16.